The van der Waals surface area contributed by atoms with Crippen LogP contribution in [0.25, 0.3) is 0 Å². The Kier molecular flexibility index (Phi) is 6.98. The highest BCUT2D eigenvalue weighted by atomic mass is 16.2. The summed E-state index contributed by atoms with van der Waals surface area (Å²) in [5.41, 5.74) is 5.00. The van der Waals surface area contributed by atoms with Gasteiger partial charge in [0.25, 0.3) is 5.91 Å². The van der Waals surface area contributed by atoms with Gasteiger partial charge in [0.1, 0.15) is 0 Å². The van der Waals surface area contributed by atoms with E-state index in [2.05, 4.69) is 10.3 Å². The highest BCUT2D eigenvalue weighted by molar-refractivity contribution is 6.66. The average molecular weight is 376 g/mol. The lowest BCUT2D eigenvalue weighted by atomic mass is 10.0. The van der Waals surface area contributed by atoms with E-state index < -0.39 is 23.8 Å². The minimum absolute atomic E-state index is 0.0914. The van der Waals surface area contributed by atoms with E-state index in [0.29, 0.717) is 25.8 Å². The van der Waals surface area contributed by atoms with Crippen LogP contribution in [0.2, 0.25) is 0 Å². The second-order valence-corrected chi connectivity index (χ2v) is 6.79. The van der Waals surface area contributed by atoms with Crippen molar-refractivity contribution in [2.45, 2.75) is 45.1 Å². The van der Waals surface area contributed by atoms with Crippen molar-refractivity contribution in [3.05, 3.63) is 12.3 Å². The number of likely N-dealkylation sites (tertiary alicyclic amines) is 1. The number of allylic oxidation sites excluding steroid dienone is 1. The Bertz CT molecular complexity index is 713. The first-order valence-corrected chi connectivity index (χ1v) is 8.96. The van der Waals surface area contributed by atoms with Crippen LogP contribution in [0.15, 0.2) is 17.3 Å². The van der Waals surface area contributed by atoms with Gasteiger partial charge in [-0.05, 0) is 19.3 Å². The zero-order valence-electron chi connectivity index (χ0n) is 15.3. The van der Waals surface area contributed by atoms with Crippen LogP contribution in [0.1, 0.15) is 39.0 Å². The minimum atomic E-state index is -0.692. The fourth-order valence-corrected chi connectivity index (χ4v) is 2.89. The van der Waals surface area contributed by atoms with E-state index in [1.165, 1.54) is 11.1 Å². The molecule has 2 atom stereocenters. The largest absolute Gasteiger partial charge is 0.369 e. The maximum Gasteiger partial charge on any atom is 0.276 e. The number of nitrogens with one attached hydrogen (secondary N) is 1. The zero-order chi connectivity index (χ0) is 20.0. The number of carbonyl (C=O) groups is 5. The third-order valence-electron chi connectivity index (χ3n) is 4.65. The predicted molar refractivity (Wildman–Crippen MR) is 96.5 cm³/mol. The van der Waals surface area contributed by atoms with E-state index in [1.54, 1.807) is 13.0 Å². The summed E-state index contributed by atoms with van der Waals surface area (Å²) >= 11 is 0. The summed E-state index contributed by atoms with van der Waals surface area (Å²) in [6, 6.07) is -0.692. The number of hydrogen-bond donors (Lipinski definition) is 2. The molecule has 0 radical (unpaired) electrons. The van der Waals surface area contributed by atoms with Crippen molar-refractivity contribution in [3.63, 3.8) is 0 Å². The second-order valence-electron chi connectivity index (χ2n) is 6.79. The average Bonchev–Trinajstić information content (AvgIpc) is 2.81. The van der Waals surface area contributed by atoms with Crippen LogP contribution < -0.4 is 11.1 Å². The van der Waals surface area contributed by atoms with Crippen LogP contribution in [0.4, 0.5) is 0 Å². The first kappa shape index (κ1) is 20.5. The molecule has 0 spiro atoms. The standard InChI is InChI=1S/C18H24N4O5/c1-11(17(19)26)6-7-15(25)21-12-4-3-9-22(10-14(12)24)18(27)16-13(23)5-2-8-20-16/h2,8,11-12H,3-7,9-10H2,1H3,(H2,19,26)(H,21,25)/t11?,12-/m0/s1. The predicted octanol–water partition coefficient (Wildman–Crippen LogP) is -0.508. The van der Waals surface area contributed by atoms with Crippen molar-refractivity contribution >= 4 is 35.0 Å². The lowest BCUT2D eigenvalue weighted by Crippen LogP contribution is -2.46. The van der Waals surface area contributed by atoms with Gasteiger partial charge in [0, 0.05) is 31.5 Å². The Morgan fingerprint density at radius 2 is 2.11 bits per heavy atom. The molecule has 9 heteroatoms. The number of aliphatic imine (C=N–C) groups is 1. The molecule has 9 nitrogen and oxygen atoms in total. The summed E-state index contributed by atoms with van der Waals surface area (Å²) < 4.78 is 0. The molecule has 2 heterocycles. The molecule has 2 rings (SSSR count). The summed E-state index contributed by atoms with van der Waals surface area (Å²) in [5.74, 6) is -2.45. The quantitative estimate of drug-likeness (QED) is 0.643. The van der Waals surface area contributed by atoms with Crippen molar-refractivity contribution in [3.8, 4) is 0 Å². The minimum Gasteiger partial charge on any atom is -0.369 e. The molecule has 27 heavy (non-hydrogen) atoms. The van der Waals surface area contributed by atoms with Gasteiger partial charge in [0.15, 0.2) is 17.3 Å². The monoisotopic (exact) mass is 376 g/mol. The lowest BCUT2D eigenvalue weighted by Gasteiger charge is -2.21. The summed E-state index contributed by atoms with van der Waals surface area (Å²) in [5, 5.41) is 2.66. The third-order valence-corrected chi connectivity index (χ3v) is 4.65. The molecule has 2 aliphatic rings. The summed E-state index contributed by atoms with van der Waals surface area (Å²) in [7, 11) is 0. The van der Waals surface area contributed by atoms with E-state index in [-0.39, 0.29) is 42.6 Å². The number of nitrogens with two attached hydrogens (primary N) is 1. The van der Waals surface area contributed by atoms with Gasteiger partial charge in [0.05, 0.1) is 12.6 Å². The third kappa shape index (κ3) is 5.57. The van der Waals surface area contributed by atoms with E-state index in [0.717, 1.165) is 0 Å². The molecular weight excluding hydrogens is 352 g/mol. The van der Waals surface area contributed by atoms with Gasteiger partial charge < -0.3 is 16.0 Å². The molecule has 1 saturated heterocycles. The molecule has 3 amide bonds. The van der Waals surface area contributed by atoms with Crippen molar-refractivity contribution in [1.29, 1.82) is 0 Å². The molecule has 0 aromatic rings. The molecule has 2 aliphatic heterocycles. The molecule has 1 unspecified atom stereocenters. The zero-order valence-corrected chi connectivity index (χ0v) is 15.3. The SMILES string of the molecule is CC(CCC(=O)N[C@H]1CCCN(C(=O)C2=NC=CCC2=O)CC1=O)C(N)=O. The molecule has 0 saturated carbocycles. The summed E-state index contributed by atoms with van der Waals surface area (Å²) in [6.07, 6.45) is 4.41. The molecule has 0 aromatic heterocycles. The number of amides is 3. The van der Waals surface area contributed by atoms with Crippen LogP contribution in [-0.4, -0.2) is 59.0 Å². The maximum absolute atomic E-state index is 12.5. The molecule has 0 aromatic carbocycles. The Morgan fingerprint density at radius 3 is 2.78 bits per heavy atom. The first-order chi connectivity index (χ1) is 12.8. The van der Waals surface area contributed by atoms with Crippen LogP contribution in [-0.2, 0) is 24.0 Å². The van der Waals surface area contributed by atoms with Crippen LogP contribution in [0.5, 0.6) is 0 Å². The number of carbonyl (C=O) groups excluding carboxylic acids is 5. The van der Waals surface area contributed by atoms with Gasteiger partial charge >= 0.3 is 0 Å². The Labute approximate surface area is 157 Å². The van der Waals surface area contributed by atoms with Crippen LogP contribution >= 0.6 is 0 Å². The number of rotatable bonds is 6. The van der Waals surface area contributed by atoms with E-state index in [1.807, 2.05) is 0 Å². The van der Waals surface area contributed by atoms with Crippen molar-refractivity contribution < 1.29 is 24.0 Å². The smallest absolute Gasteiger partial charge is 0.276 e. The summed E-state index contributed by atoms with van der Waals surface area (Å²) in [6.45, 7) is 1.77. The molecule has 0 bridgehead atoms. The number of ketones is 2. The topological polar surface area (TPSA) is 139 Å². The Balaban J connectivity index is 1.92. The number of primary amides is 1. The Hall–Kier alpha value is -2.84. The number of Topliss-reactive ketones (excluding diaryl/α,β-unsaturated/α-hetero) is 2. The van der Waals surface area contributed by atoms with Gasteiger partial charge in [-0.3, -0.25) is 24.0 Å². The van der Waals surface area contributed by atoms with Crippen LogP contribution in [0.3, 0.4) is 0 Å². The van der Waals surface area contributed by atoms with Crippen molar-refractivity contribution in [1.82, 2.24) is 10.2 Å². The van der Waals surface area contributed by atoms with E-state index in [4.69, 9.17) is 5.73 Å². The van der Waals surface area contributed by atoms with E-state index in [9.17, 15) is 24.0 Å². The molecule has 146 valence electrons. The van der Waals surface area contributed by atoms with Gasteiger partial charge in [0.2, 0.25) is 11.8 Å². The van der Waals surface area contributed by atoms with Gasteiger partial charge in [-0.25, -0.2) is 4.99 Å². The van der Waals surface area contributed by atoms with Crippen LogP contribution in [0, 0.1) is 5.92 Å². The highest BCUT2D eigenvalue weighted by Crippen LogP contribution is 2.12. The second kappa shape index (κ2) is 9.20. The van der Waals surface area contributed by atoms with Gasteiger partial charge in [-0.15, -0.1) is 0 Å². The fraction of sp³-hybridized carbons (Fsp3) is 0.556. The number of nitrogens with zero attached hydrogens (tertiary/aromatic N) is 2. The molecular formula is C18H24N4O5. The maximum atomic E-state index is 12.5. The number of hydrogen-bond acceptors (Lipinski definition) is 6. The van der Waals surface area contributed by atoms with Crippen molar-refractivity contribution in [2.24, 2.45) is 16.6 Å². The van der Waals surface area contributed by atoms with Gasteiger partial charge in [-0.2, -0.15) is 0 Å². The normalized spacial score (nSPS) is 21.3. The first-order valence-electron chi connectivity index (χ1n) is 8.96. The molecule has 1 fully saturated rings. The van der Waals surface area contributed by atoms with Crippen molar-refractivity contribution in [2.75, 3.05) is 13.1 Å². The van der Waals surface area contributed by atoms with E-state index >= 15 is 0 Å². The van der Waals surface area contributed by atoms with Gasteiger partial charge in [-0.1, -0.05) is 13.0 Å². The molecule has 0 aliphatic carbocycles. The Morgan fingerprint density at radius 1 is 1.37 bits per heavy atom. The highest BCUT2D eigenvalue weighted by Gasteiger charge is 2.32. The fourth-order valence-electron chi connectivity index (χ4n) is 2.89. The lowest BCUT2D eigenvalue weighted by molar-refractivity contribution is -0.132. The summed E-state index contributed by atoms with van der Waals surface area (Å²) in [4.78, 5) is 65.0. The molecule has 3 N–H and O–H groups in total.